The average Bonchev–Trinajstić information content (AvgIpc) is 3.44. The largest absolute Gasteiger partial charge is 0.479 e. The van der Waals surface area contributed by atoms with Gasteiger partial charge in [-0.1, -0.05) is 164 Å². The Labute approximate surface area is 351 Å². The van der Waals surface area contributed by atoms with Gasteiger partial charge in [-0.25, -0.2) is 4.79 Å². The lowest BCUT2D eigenvalue weighted by Crippen LogP contribution is -2.66. The molecule has 1 aliphatic carbocycles. The van der Waals surface area contributed by atoms with Crippen LogP contribution in [0.15, 0.2) is 126 Å². The first kappa shape index (κ1) is 45.3. The van der Waals surface area contributed by atoms with Gasteiger partial charge < -0.3 is 27.8 Å². The van der Waals surface area contributed by atoms with E-state index in [9.17, 15) is 4.79 Å². The molecule has 0 saturated carbocycles. The Morgan fingerprint density at radius 3 is 1.95 bits per heavy atom. The van der Waals surface area contributed by atoms with E-state index in [-0.39, 0.29) is 41.1 Å². The van der Waals surface area contributed by atoms with Gasteiger partial charge in [0.1, 0.15) is 6.61 Å². The molecule has 3 aromatic rings. The molecule has 0 unspecified atom stereocenters. The Kier molecular flexibility index (Phi) is 15.3. The Balaban J connectivity index is 1.47. The summed E-state index contributed by atoms with van der Waals surface area (Å²) in [6.07, 6.45) is 11.2. The van der Waals surface area contributed by atoms with Gasteiger partial charge in [-0.05, 0) is 69.9 Å². The highest BCUT2D eigenvalue weighted by molar-refractivity contribution is 6.99. The van der Waals surface area contributed by atoms with Gasteiger partial charge in [-0.2, -0.15) is 0 Å². The zero-order valence-corrected chi connectivity index (χ0v) is 38.8. The Bertz CT molecular complexity index is 1820. The molecule has 0 saturated heterocycles. The van der Waals surface area contributed by atoms with Crippen molar-refractivity contribution in [1.82, 2.24) is 0 Å². The van der Waals surface area contributed by atoms with Crippen LogP contribution < -0.4 is 10.4 Å². The highest BCUT2D eigenvalue weighted by atomic mass is 28.4. The fourth-order valence-electron chi connectivity index (χ4n) is 7.99. The molecule has 9 heteroatoms. The lowest BCUT2D eigenvalue weighted by atomic mass is 9.71. The minimum absolute atomic E-state index is 0.00572. The second kappa shape index (κ2) is 19.6. The van der Waals surface area contributed by atoms with Crippen molar-refractivity contribution in [2.75, 3.05) is 27.1 Å². The maximum Gasteiger partial charge on any atom is 0.378 e. The summed E-state index contributed by atoms with van der Waals surface area (Å²) in [5, 5.41) is 2.52. The van der Waals surface area contributed by atoms with Gasteiger partial charge in [0, 0.05) is 26.1 Å². The van der Waals surface area contributed by atoms with Gasteiger partial charge in [0.25, 0.3) is 8.32 Å². The topological polar surface area (TPSA) is 72.5 Å². The molecular weight excluding hydrogens is 757 g/mol. The van der Waals surface area contributed by atoms with Crippen molar-refractivity contribution in [3.05, 3.63) is 132 Å². The maximum absolute atomic E-state index is 13.9. The van der Waals surface area contributed by atoms with E-state index in [1.54, 1.807) is 7.11 Å². The fraction of sp³-hybridized carbons (Fsp3) is 0.490. The molecule has 0 aromatic heterocycles. The smallest absolute Gasteiger partial charge is 0.378 e. The number of hydrogen-bond donors (Lipinski definition) is 0. The van der Waals surface area contributed by atoms with E-state index in [1.807, 2.05) is 30.3 Å². The summed E-state index contributed by atoms with van der Waals surface area (Å²) in [4.78, 5) is 13.9. The summed E-state index contributed by atoms with van der Waals surface area (Å²) in [6.45, 7) is 22.0. The molecule has 7 nitrogen and oxygen atoms in total. The second-order valence-corrected chi connectivity index (χ2v) is 27.6. The molecule has 1 heterocycles. The number of rotatable bonds is 19. The molecule has 3 atom stereocenters. The van der Waals surface area contributed by atoms with Crippen LogP contribution in [0.2, 0.25) is 23.2 Å². The molecule has 3 aromatic carbocycles. The zero-order chi connectivity index (χ0) is 42.0. The van der Waals surface area contributed by atoms with Gasteiger partial charge in [0.2, 0.25) is 5.76 Å². The summed E-state index contributed by atoms with van der Waals surface area (Å²) in [6, 6.07) is 31.3. The first-order valence-corrected chi connectivity index (χ1v) is 25.9. The van der Waals surface area contributed by atoms with Crippen molar-refractivity contribution in [1.29, 1.82) is 0 Å². The molecule has 1 aliphatic heterocycles. The van der Waals surface area contributed by atoms with E-state index in [2.05, 4.69) is 140 Å². The number of esters is 1. The second-order valence-electron chi connectivity index (χ2n) is 18.5. The zero-order valence-electron chi connectivity index (χ0n) is 36.8. The maximum atomic E-state index is 13.9. The van der Waals surface area contributed by atoms with E-state index >= 15 is 0 Å². The Morgan fingerprint density at radius 2 is 1.38 bits per heavy atom. The molecular formula is C49H68O7Si2. The molecule has 5 rings (SSSR count). The molecule has 1 spiro atoms. The number of carbonyl (C=O) groups is 1. The van der Waals surface area contributed by atoms with Crippen LogP contribution in [-0.2, 0) is 39.2 Å². The lowest BCUT2D eigenvalue weighted by molar-refractivity contribution is -0.156. The van der Waals surface area contributed by atoms with Crippen LogP contribution in [-0.4, -0.2) is 55.3 Å². The summed E-state index contributed by atoms with van der Waals surface area (Å²) in [5.41, 5.74) is 1.02. The first-order valence-electron chi connectivity index (χ1n) is 21.1. The van der Waals surface area contributed by atoms with Crippen molar-refractivity contribution >= 4 is 33.0 Å². The van der Waals surface area contributed by atoms with Crippen LogP contribution >= 0.6 is 0 Å². The van der Waals surface area contributed by atoms with Crippen LogP contribution in [0.4, 0.5) is 0 Å². The molecule has 314 valence electrons. The first-order chi connectivity index (χ1) is 27.6. The minimum atomic E-state index is -2.81. The highest BCUT2D eigenvalue weighted by Crippen LogP contribution is 2.50. The molecule has 0 radical (unpaired) electrons. The van der Waals surface area contributed by atoms with Crippen molar-refractivity contribution < 1.29 is 32.6 Å². The number of hydrogen-bond acceptors (Lipinski definition) is 7. The lowest BCUT2D eigenvalue weighted by Gasteiger charge is -2.45. The van der Waals surface area contributed by atoms with E-state index < -0.39 is 28.2 Å². The number of allylic oxidation sites excluding steroid dienone is 1. The fourth-order valence-corrected chi connectivity index (χ4v) is 13.6. The number of benzene rings is 3. The number of unbranched alkanes of at least 4 members (excludes halogenated alkanes) is 3. The predicted molar refractivity (Wildman–Crippen MR) is 240 cm³/mol. The minimum Gasteiger partial charge on any atom is -0.479 e. The van der Waals surface area contributed by atoms with Gasteiger partial charge in [-0.3, -0.25) is 0 Å². The van der Waals surface area contributed by atoms with E-state index in [0.717, 1.165) is 37.9 Å². The SMILES string of the molecule is COCOC1=C(OCc2ccccc2)C(=O)O[C@]12C[C@@H](C)C(CO[Si](c1ccccc1)(c1ccccc1)C(C)(C)C)=C[C@H]2/C=C/CCCCCO[Si](C)(C)C(C)(C)C. The van der Waals surface area contributed by atoms with Crippen LogP contribution in [0.3, 0.4) is 0 Å². The van der Waals surface area contributed by atoms with Crippen molar-refractivity contribution in [2.24, 2.45) is 11.8 Å². The number of ether oxygens (including phenoxy) is 4. The molecule has 0 fully saturated rings. The molecule has 58 heavy (non-hydrogen) atoms. The van der Waals surface area contributed by atoms with Crippen LogP contribution in [0.5, 0.6) is 0 Å². The van der Waals surface area contributed by atoms with E-state index in [4.69, 9.17) is 27.8 Å². The third-order valence-corrected chi connectivity index (χ3v) is 21.8. The Morgan fingerprint density at radius 1 is 0.776 bits per heavy atom. The molecule has 0 amide bonds. The summed E-state index contributed by atoms with van der Waals surface area (Å²) < 4.78 is 38.4. The summed E-state index contributed by atoms with van der Waals surface area (Å²) in [5.74, 6) is -0.339. The van der Waals surface area contributed by atoms with Crippen LogP contribution in [0.25, 0.3) is 0 Å². The molecule has 2 aliphatic rings. The van der Waals surface area contributed by atoms with E-state index in [0.29, 0.717) is 18.8 Å². The third-order valence-electron chi connectivity index (χ3n) is 12.3. The van der Waals surface area contributed by atoms with Gasteiger partial charge in [-0.15, -0.1) is 0 Å². The normalized spacial score (nSPS) is 20.4. The molecule has 0 bridgehead atoms. The van der Waals surface area contributed by atoms with Crippen LogP contribution in [0, 0.1) is 11.8 Å². The monoisotopic (exact) mass is 824 g/mol. The van der Waals surface area contributed by atoms with Gasteiger partial charge in [0.05, 0.1) is 6.61 Å². The van der Waals surface area contributed by atoms with E-state index in [1.165, 1.54) is 15.9 Å². The van der Waals surface area contributed by atoms with Crippen molar-refractivity contribution in [2.45, 2.75) is 116 Å². The Hall–Kier alpha value is -3.74. The summed E-state index contributed by atoms with van der Waals surface area (Å²) in [7, 11) is -3.00. The van der Waals surface area contributed by atoms with Gasteiger partial charge >= 0.3 is 5.97 Å². The standard InChI is InChI=1S/C49H68O7Si2/c1-38-34-49(45(53-37-51-8)44(46(50)56-49)52-35-39-25-17-14-18-26-39)41(27-19-12-11-13-24-32-54-57(9,10)47(2,3)4)33-40(38)36-55-58(48(5,6)7,42-28-20-15-21-29-42)43-30-22-16-23-31-43/h14-23,25-31,33,38,41H,11-13,24,32,34-37H2,1-10H3/b27-19+/t38-,41-,49+/m1/s1. The van der Waals surface area contributed by atoms with Crippen LogP contribution in [0.1, 0.15) is 86.1 Å². The quantitative estimate of drug-likeness (QED) is 0.0392. The number of methoxy groups -OCH3 is 1. The average molecular weight is 825 g/mol. The number of carbonyl (C=O) groups excluding carboxylic acids is 1. The molecule has 0 N–H and O–H groups in total. The van der Waals surface area contributed by atoms with Gasteiger partial charge in [0.15, 0.2) is 26.5 Å². The predicted octanol–water partition coefficient (Wildman–Crippen LogP) is 10.6. The van der Waals surface area contributed by atoms with Crippen molar-refractivity contribution in [3.63, 3.8) is 0 Å². The highest BCUT2D eigenvalue weighted by Gasteiger charge is 2.58. The third kappa shape index (κ3) is 10.3. The van der Waals surface area contributed by atoms with Crippen molar-refractivity contribution in [3.8, 4) is 0 Å². The summed E-state index contributed by atoms with van der Waals surface area (Å²) >= 11 is 0.